The molecule has 3 rings (SSSR count). The maximum atomic E-state index is 2.43. The van der Waals surface area contributed by atoms with E-state index in [0.29, 0.717) is 17.8 Å². The minimum absolute atomic E-state index is 0.573. The zero-order valence-electron chi connectivity index (χ0n) is 12.8. The lowest BCUT2D eigenvalue weighted by Gasteiger charge is -2.26. The van der Waals surface area contributed by atoms with Crippen LogP contribution in [0.25, 0.3) is 6.08 Å². The van der Waals surface area contributed by atoms with Crippen molar-refractivity contribution in [2.75, 3.05) is 0 Å². The lowest BCUT2D eigenvalue weighted by molar-refractivity contribution is 0.457. The van der Waals surface area contributed by atoms with Crippen molar-refractivity contribution in [3.63, 3.8) is 0 Å². The molecule has 0 aliphatic heterocycles. The number of benzene rings is 1. The largest absolute Gasteiger partial charge is 0.0773 e. The first-order chi connectivity index (χ1) is 9.72. The van der Waals surface area contributed by atoms with Crippen LogP contribution < -0.4 is 0 Å². The molecule has 2 aliphatic carbocycles. The van der Waals surface area contributed by atoms with Gasteiger partial charge in [0.15, 0.2) is 0 Å². The molecule has 0 heteroatoms. The highest BCUT2D eigenvalue weighted by Gasteiger charge is 2.29. The van der Waals surface area contributed by atoms with Crippen molar-refractivity contribution in [2.45, 2.75) is 39.5 Å². The Bertz CT molecular complexity index is 574. The summed E-state index contributed by atoms with van der Waals surface area (Å²) in [5, 5.41) is 0. The van der Waals surface area contributed by atoms with Crippen molar-refractivity contribution in [2.24, 2.45) is 11.8 Å². The fourth-order valence-corrected chi connectivity index (χ4v) is 3.67. The molecule has 20 heavy (non-hydrogen) atoms. The topological polar surface area (TPSA) is 0 Å². The highest BCUT2D eigenvalue weighted by molar-refractivity contribution is 5.67. The van der Waals surface area contributed by atoms with Gasteiger partial charge in [0.2, 0.25) is 0 Å². The van der Waals surface area contributed by atoms with Crippen LogP contribution in [0.2, 0.25) is 0 Å². The Morgan fingerprint density at radius 3 is 2.55 bits per heavy atom. The molecule has 2 atom stereocenters. The molecular weight excluding hydrogens is 240 g/mol. The van der Waals surface area contributed by atoms with E-state index in [1.165, 1.54) is 24.0 Å². The maximum absolute atomic E-state index is 2.43. The first-order valence-electron chi connectivity index (χ1n) is 7.88. The second kappa shape index (κ2) is 5.44. The van der Waals surface area contributed by atoms with Crippen LogP contribution in [0.5, 0.6) is 0 Å². The molecule has 1 aromatic rings. The molecule has 2 aliphatic rings. The molecule has 104 valence electrons. The van der Waals surface area contributed by atoms with Gasteiger partial charge in [-0.05, 0) is 47.4 Å². The minimum atomic E-state index is 0.573. The molecule has 0 nitrogen and oxygen atoms in total. The molecule has 0 aromatic heterocycles. The van der Waals surface area contributed by atoms with E-state index in [1.54, 1.807) is 11.1 Å². The average Bonchev–Trinajstić information content (AvgIpc) is 3.10. The average molecular weight is 264 g/mol. The van der Waals surface area contributed by atoms with E-state index in [4.69, 9.17) is 0 Å². The lowest BCUT2D eigenvalue weighted by atomic mass is 9.78. The van der Waals surface area contributed by atoms with Crippen molar-refractivity contribution in [1.82, 2.24) is 0 Å². The van der Waals surface area contributed by atoms with Crippen molar-refractivity contribution in [1.29, 1.82) is 0 Å². The van der Waals surface area contributed by atoms with Gasteiger partial charge in [0.05, 0.1) is 0 Å². The zero-order valence-corrected chi connectivity index (χ0v) is 12.8. The zero-order chi connectivity index (χ0) is 14.1. The van der Waals surface area contributed by atoms with Crippen LogP contribution in [-0.2, 0) is 6.42 Å². The maximum Gasteiger partial charge on any atom is 0.00643 e. The fourth-order valence-electron chi connectivity index (χ4n) is 3.67. The van der Waals surface area contributed by atoms with Gasteiger partial charge >= 0.3 is 0 Å². The summed E-state index contributed by atoms with van der Waals surface area (Å²) in [6, 6.07) is 4.64. The van der Waals surface area contributed by atoms with Gasteiger partial charge in [-0.1, -0.05) is 68.9 Å². The third kappa shape index (κ3) is 2.18. The summed E-state index contributed by atoms with van der Waals surface area (Å²) in [4.78, 5) is 0. The summed E-state index contributed by atoms with van der Waals surface area (Å²) in [6.07, 6.45) is 16.3. The lowest BCUT2D eigenvalue weighted by Crippen LogP contribution is -2.15. The summed E-state index contributed by atoms with van der Waals surface area (Å²) < 4.78 is 0. The first kappa shape index (κ1) is 13.4. The van der Waals surface area contributed by atoms with Crippen molar-refractivity contribution in [3.05, 3.63) is 64.8 Å². The summed E-state index contributed by atoms with van der Waals surface area (Å²) >= 11 is 0. The predicted octanol–water partition coefficient (Wildman–Crippen LogP) is 5.44. The molecule has 0 N–H and O–H groups in total. The van der Waals surface area contributed by atoms with Crippen molar-refractivity contribution >= 4 is 6.08 Å². The minimum Gasteiger partial charge on any atom is -0.0773 e. The SMILES string of the molecule is CCCc1ccc(C)c2c1C(C(C)C1C=CC=C1)C=C2. The molecule has 0 heterocycles. The van der Waals surface area contributed by atoms with Gasteiger partial charge < -0.3 is 0 Å². The first-order valence-corrected chi connectivity index (χ1v) is 7.88. The Balaban J connectivity index is 1.99. The van der Waals surface area contributed by atoms with Crippen LogP contribution in [0.15, 0.2) is 42.5 Å². The molecule has 0 bridgehead atoms. The van der Waals surface area contributed by atoms with Crippen LogP contribution in [-0.4, -0.2) is 0 Å². The number of aryl methyl sites for hydroxylation is 2. The molecule has 0 spiro atoms. The van der Waals surface area contributed by atoms with Gasteiger partial charge in [-0.25, -0.2) is 0 Å². The molecule has 1 aromatic carbocycles. The Kier molecular flexibility index (Phi) is 3.65. The van der Waals surface area contributed by atoms with Crippen LogP contribution in [0.4, 0.5) is 0 Å². The third-order valence-corrected chi connectivity index (χ3v) is 4.87. The van der Waals surface area contributed by atoms with Gasteiger partial charge in [-0.3, -0.25) is 0 Å². The van der Waals surface area contributed by atoms with Gasteiger partial charge in [0.25, 0.3) is 0 Å². The Labute approximate surface area is 122 Å². The predicted molar refractivity (Wildman–Crippen MR) is 87.9 cm³/mol. The van der Waals surface area contributed by atoms with Gasteiger partial charge in [0.1, 0.15) is 0 Å². The Morgan fingerprint density at radius 2 is 1.85 bits per heavy atom. The second-order valence-electron chi connectivity index (χ2n) is 6.21. The van der Waals surface area contributed by atoms with Crippen LogP contribution in [0, 0.1) is 18.8 Å². The van der Waals surface area contributed by atoms with E-state index < -0.39 is 0 Å². The summed E-state index contributed by atoms with van der Waals surface area (Å²) in [6.45, 7) is 6.91. The van der Waals surface area contributed by atoms with E-state index in [0.717, 1.165) is 0 Å². The number of allylic oxidation sites excluding steroid dienone is 5. The molecule has 0 saturated heterocycles. The third-order valence-electron chi connectivity index (χ3n) is 4.87. The molecule has 0 radical (unpaired) electrons. The van der Waals surface area contributed by atoms with Crippen molar-refractivity contribution < 1.29 is 0 Å². The summed E-state index contributed by atoms with van der Waals surface area (Å²) in [5.41, 5.74) is 6.07. The molecule has 0 saturated carbocycles. The fraction of sp³-hybridized carbons (Fsp3) is 0.400. The second-order valence-corrected chi connectivity index (χ2v) is 6.21. The van der Waals surface area contributed by atoms with Crippen LogP contribution in [0.3, 0.4) is 0 Å². The summed E-state index contributed by atoms with van der Waals surface area (Å²) in [7, 11) is 0. The highest BCUT2D eigenvalue weighted by Crippen LogP contribution is 2.43. The van der Waals surface area contributed by atoms with E-state index in [1.807, 2.05) is 0 Å². The Hall–Kier alpha value is -1.56. The highest BCUT2D eigenvalue weighted by atomic mass is 14.3. The van der Waals surface area contributed by atoms with Crippen molar-refractivity contribution in [3.8, 4) is 0 Å². The van der Waals surface area contributed by atoms with E-state index in [2.05, 4.69) is 69.4 Å². The normalized spacial score (nSPS) is 21.6. The molecule has 2 unspecified atom stereocenters. The standard InChI is InChI=1S/C20H24/c1-4-7-17-11-10-14(2)18-12-13-19(20(17)18)15(3)16-8-5-6-9-16/h5-6,8-13,15-16,19H,4,7H2,1-3H3. The quantitative estimate of drug-likeness (QED) is 0.679. The number of hydrogen-bond donors (Lipinski definition) is 0. The smallest absolute Gasteiger partial charge is 0.00643 e. The monoisotopic (exact) mass is 264 g/mol. The van der Waals surface area contributed by atoms with E-state index in [-0.39, 0.29) is 0 Å². The van der Waals surface area contributed by atoms with Gasteiger partial charge in [-0.15, -0.1) is 0 Å². The van der Waals surface area contributed by atoms with E-state index in [9.17, 15) is 0 Å². The van der Waals surface area contributed by atoms with Crippen LogP contribution >= 0.6 is 0 Å². The molecule has 0 fully saturated rings. The number of hydrogen-bond acceptors (Lipinski definition) is 0. The van der Waals surface area contributed by atoms with Gasteiger partial charge in [0, 0.05) is 5.92 Å². The van der Waals surface area contributed by atoms with Crippen LogP contribution in [0.1, 0.15) is 48.4 Å². The van der Waals surface area contributed by atoms with Gasteiger partial charge in [-0.2, -0.15) is 0 Å². The van der Waals surface area contributed by atoms with E-state index >= 15 is 0 Å². The molecular formula is C20H24. The summed E-state index contributed by atoms with van der Waals surface area (Å²) in [5.74, 6) is 1.80. The Morgan fingerprint density at radius 1 is 1.10 bits per heavy atom. The molecule has 0 amide bonds. The number of fused-ring (bicyclic) bond motifs is 1. The number of rotatable bonds is 4.